The van der Waals surface area contributed by atoms with E-state index in [1.807, 2.05) is 60.4 Å². The van der Waals surface area contributed by atoms with Gasteiger partial charge in [0.05, 0.1) is 17.3 Å². The first-order valence-corrected chi connectivity index (χ1v) is 12.6. The van der Waals surface area contributed by atoms with E-state index in [-0.39, 0.29) is 24.1 Å². The van der Waals surface area contributed by atoms with Crippen molar-refractivity contribution in [3.05, 3.63) is 102 Å². The normalized spacial score (nSPS) is 16.7. The fourth-order valence-corrected chi connectivity index (χ4v) is 5.00. The third kappa shape index (κ3) is 5.38. The van der Waals surface area contributed by atoms with Gasteiger partial charge in [0.2, 0.25) is 5.91 Å². The van der Waals surface area contributed by atoms with Crippen LogP contribution in [0, 0.1) is 6.92 Å². The number of methoxy groups -OCH3 is 1. The lowest BCUT2D eigenvalue weighted by molar-refractivity contribution is -0.119. The van der Waals surface area contributed by atoms with Crippen LogP contribution in [0.3, 0.4) is 0 Å². The van der Waals surface area contributed by atoms with E-state index in [0.717, 1.165) is 16.9 Å². The number of aryl methyl sites for hydroxylation is 1. The lowest BCUT2D eigenvalue weighted by atomic mass is 10.0. The Balaban J connectivity index is 1.54. The summed E-state index contributed by atoms with van der Waals surface area (Å²) in [7, 11) is 1.47. The van der Waals surface area contributed by atoms with Gasteiger partial charge in [-0.05, 0) is 79.3 Å². The van der Waals surface area contributed by atoms with Gasteiger partial charge in [-0.25, -0.2) is 4.79 Å². The number of aromatic carboxylic acids is 1. The number of carboxylic acid groups (broad SMARTS) is 1. The molecule has 0 saturated carbocycles. The van der Waals surface area contributed by atoms with Gasteiger partial charge in [-0.3, -0.25) is 9.78 Å². The predicted molar refractivity (Wildman–Crippen MR) is 151 cm³/mol. The summed E-state index contributed by atoms with van der Waals surface area (Å²) in [6.45, 7) is 1.87. The molecule has 1 saturated heterocycles. The number of nitrogens with one attached hydrogen (secondary N) is 2. The average Bonchev–Trinajstić information content (AvgIpc) is 3.55. The molecular weight excluding hydrogens is 516 g/mol. The zero-order chi connectivity index (χ0) is 27.5. The molecular formula is C29H26N4O5S. The first kappa shape index (κ1) is 26.1. The van der Waals surface area contributed by atoms with Crippen molar-refractivity contribution in [2.24, 2.45) is 0 Å². The maximum absolute atomic E-state index is 12.0. The zero-order valence-electron chi connectivity index (χ0n) is 21.3. The number of hydrogen-bond acceptors (Lipinski definition) is 6. The van der Waals surface area contributed by atoms with Crippen LogP contribution < -0.4 is 15.5 Å². The molecule has 1 fully saturated rings. The molecule has 0 radical (unpaired) electrons. The van der Waals surface area contributed by atoms with E-state index in [1.165, 1.54) is 13.2 Å². The molecule has 3 heterocycles. The minimum absolute atomic E-state index is 0.0364. The van der Waals surface area contributed by atoms with E-state index in [9.17, 15) is 14.7 Å². The van der Waals surface area contributed by atoms with Gasteiger partial charge in [0, 0.05) is 30.2 Å². The lowest BCUT2D eigenvalue weighted by Gasteiger charge is -2.26. The van der Waals surface area contributed by atoms with Crippen LogP contribution in [0.5, 0.6) is 0 Å². The molecule has 3 N–H and O–H groups in total. The first-order valence-electron chi connectivity index (χ1n) is 12.2. The third-order valence-corrected chi connectivity index (χ3v) is 6.76. The Labute approximate surface area is 230 Å². The number of carbonyl (C=O) groups excluding carboxylic acids is 1. The van der Waals surface area contributed by atoms with Crippen molar-refractivity contribution in [1.29, 1.82) is 0 Å². The third-order valence-electron chi connectivity index (χ3n) is 6.45. The van der Waals surface area contributed by atoms with Gasteiger partial charge in [0.25, 0.3) is 0 Å². The standard InChI is InChI=1S/C29H26N4O5S/c1-17-14-20(9-10-21(17)31-25(34)16-37-2)33-27(26(32-29(33)39)22-8-3-4-13-30-22)24-12-11-23(38-24)18-6-5-7-19(15-18)28(35)36/h3-15,26-27H,16H2,1-2H3,(H,31,34)(H,32,39)(H,35,36)/t26-,27-/m0/s1. The van der Waals surface area contributed by atoms with Gasteiger partial charge in [-0.2, -0.15) is 0 Å². The van der Waals surface area contributed by atoms with E-state index in [2.05, 4.69) is 15.6 Å². The molecule has 1 aliphatic heterocycles. The van der Waals surface area contributed by atoms with E-state index in [4.69, 9.17) is 21.4 Å². The number of benzene rings is 2. The van der Waals surface area contributed by atoms with Gasteiger partial charge < -0.3 is 29.8 Å². The van der Waals surface area contributed by atoms with Gasteiger partial charge in [0.15, 0.2) is 5.11 Å². The van der Waals surface area contributed by atoms with Crippen LogP contribution in [0.1, 0.15) is 39.5 Å². The number of hydrogen-bond donors (Lipinski definition) is 3. The molecule has 1 aliphatic rings. The minimum Gasteiger partial charge on any atom is -0.478 e. The summed E-state index contributed by atoms with van der Waals surface area (Å²) >= 11 is 5.80. The Morgan fingerprint density at radius 3 is 2.69 bits per heavy atom. The Morgan fingerprint density at radius 2 is 1.97 bits per heavy atom. The van der Waals surface area contributed by atoms with Crippen LogP contribution in [0.4, 0.5) is 11.4 Å². The number of rotatable bonds is 8. The summed E-state index contributed by atoms with van der Waals surface area (Å²) in [6, 6.07) is 21.0. The van der Waals surface area contributed by atoms with Crippen LogP contribution in [0.15, 0.2) is 83.4 Å². The number of carboxylic acids is 1. The molecule has 0 aliphatic carbocycles. The van der Waals surface area contributed by atoms with Gasteiger partial charge >= 0.3 is 5.97 Å². The molecule has 5 rings (SSSR count). The second kappa shape index (κ2) is 11.1. The van der Waals surface area contributed by atoms with Crippen LogP contribution >= 0.6 is 12.2 Å². The number of ether oxygens (including phenoxy) is 1. The summed E-state index contributed by atoms with van der Waals surface area (Å²) in [5.41, 5.74) is 3.96. The molecule has 1 amide bonds. The molecule has 39 heavy (non-hydrogen) atoms. The number of furan rings is 1. The summed E-state index contributed by atoms with van der Waals surface area (Å²) in [6.07, 6.45) is 1.73. The highest BCUT2D eigenvalue weighted by molar-refractivity contribution is 7.80. The monoisotopic (exact) mass is 542 g/mol. The van der Waals surface area contributed by atoms with E-state index in [1.54, 1.807) is 24.4 Å². The SMILES string of the molecule is COCC(=O)Nc1ccc(N2C(=S)N[C@@H](c3ccccn3)[C@@H]2c2ccc(-c3cccc(C(=O)O)c3)o2)cc1C. The van der Waals surface area contributed by atoms with Crippen molar-refractivity contribution in [2.45, 2.75) is 19.0 Å². The van der Waals surface area contributed by atoms with Crippen molar-refractivity contribution < 1.29 is 23.8 Å². The summed E-state index contributed by atoms with van der Waals surface area (Å²) in [5, 5.41) is 16.1. The molecule has 4 aromatic rings. The molecule has 2 atom stereocenters. The molecule has 0 unspecified atom stereocenters. The second-order valence-electron chi connectivity index (χ2n) is 9.06. The van der Waals surface area contributed by atoms with Crippen molar-refractivity contribution in [3.8, 4) is 11.3 Å². The number of amides is 1. The van der Waals surface area contributed by atoms with Crippen LogP contribution in [-0.2, 0) is 9.53 Å². The predicted octanol–water partition coefficient (Wildman–Crippen LogP) is 5.11. The molecule has 9 nitrogen and oxygen atoms in total. The Bertz CT molecular complexity index is 1540. The Hall–Kier alpha value is -4.54. The lowest BCUT2D eigenvalue weighted by Crippen LogP contribution is -2.29. The van der Waals surface area contributed by atoms with Crippen molar-refractivity contribution in [3.63, 3.8) is 0 Å². The fraction of sp³-hybridized carbons (Fsp3) is 0.172. The van der Waals surface area contributed by atoms with Gasteiger partial charge in [0.1, 0.15) is 24.2 Å². The molecule has 0 spiro atoms. The van der Waals surface area contributed by atoms with Crippen molar-refractivity contribution in [2.75, 3.05) is 23.9 Å². The number of carbonyl (C=O) groups is 2. The number of thiocarbonyl (C=S) groups is 1. The number of aromatic nitrogens is 1. The molecule has 0 bridgehead atoms. The van der Waals surface area contributed by atoms with Crippen molar-refractivity contribution >= 4 is 40.6 Å². The quantitative estimate of drug-likeness (QED) is 0.261. The Morgan fingerprint density at radius 1 is 1.13 bits per heavy atom. The first-order chi connectivity index (χ1) is 18.9. The fourth-order valence-electron chi connectivity index (χ4n) is 4.65. The zero-order valence-corrected chi connectivity index (χ0v) is 22.1. The number of anilines is 2. The molecule has 198 valence electrons. The smallest absolute Gasteiger partial charge is 0.335 e. The largest absolute Gasteiger partial charge is 0.478 e. The van der Waals surface area contributed by atoms with Crippen molar-refractivity contribution in [1.82, 2.24) is 10.3 Å². The second-order valence-corrected chi connectivity index (χ2v) is 9.45. The highest BCUT2D eigenvalue weighted by Gasteiger charge is 2.42. The number of pyridine rings is 1. The van der Waals surface area contributed by atoms with Crippen LogP contribution in [0.2, 0.25) is 0 Å². The molecule has 10 heteroatoms. The highest BCUT2D eigenvalue weighted by Crippen LogP contribution is 2.43. The number of nitrogens with zero attached hydrogens (tertiary/aromatic N) is 2. The van der Waals surface area contributed by atoms with Crippen LogP contribution in [0.25, 0.3) is 11.3 Å². The summed E-state index contributed by atoms with van der Waals surface area (Å²) in [5.74, 6) is -0.0793. The van der Waals surface area contributed by atoms with Gasteiger partial charge in [-0.15, -0.1) is 0 Å². The average molecular weight is 543 g/mol. The van der Waals surface area contributed by atoms with Crippen LogP contribution in [-0.4, -0.2) is 40.8 Å². The van der Waals surface area contributed by atoms with E-state index < -0.39 is 12.0 Å². The van der Waals surface area contributed by atoms with Gasteiger partial charge in [-0.1, -0.05) is 18.2 Å². The topological polar surface area (TPSA) is 117 Å². The molecule has 2 aromatic heterocycles. The van der Waals surface area contributed by atoms with E-state index >= 15 is 0 Å². The summed E-state index contributed by atoms with van der Waals surface area (Å²) in [4.78, 5) is 30.1. The maximum Gasteiger partial charge on any atom is 0.335 e. The van der Waals surface area contributed by atoms with E-state index in [0.29, 0.717) is 27.9 Å². The maximum atomic E-state index is 12.0. The molecule has 2 aromatic carbocycles. The minimum atomic E-state index is -1.01. The Kier molecular flexibility index (Phi) is 7.40. The summed E-state index contributed by atoms with van der Waals surface area (Å²) < 4.78 is 11.3. The highest BCUT2D eigenvalue weighted by atomic mass is 32.1.